The van der Waals surface area contributed by atoms with Crippen molar-refractivity contribution in [3.05, 3.63) is 29.3 Å². The minimum absolute atomic E-state index is 0.00547. The van der Waals surface area contributed by atoms with Crippen molar-refractivity contribution >= 4 is 0 Å². The third-order valence-corrected chi connectivity index (χ3v) is 3.81. The van der Waals surface area contributed by atoms with Gasteiger partial charge in [0.2, 0.25) is 0 Å². The highest BCUT2D eigenvalue weighted by Gasteiger charge is 2.39. The summed E-state index contributed by atoms with van der Waals surface area (Å²) in [4.78, 5) is 0. The van der Waals surface area contributed by atoms with Crippen LogP contribution in [0, 0.1) is 6.92 Å². The normalized spacial score (nSPS) is 25.1. The Morgan fingerprint density at radius 2 is 2.28 bits per heavy atom. The first kappa shape index (κ1) is 13.3. The lowest BCUT2D eigenvalue weighted by molar-refractivity contribution is -0.0127. The summed E-state index contributed by atoms with van der Waals surface area (Å²) in [7, 11) is 1.68. The molecule has 4 heteroatoms. The average Bonchev–Trinajstić information content (AvgIpc) is 2.79. The molecule has 2 rings (SSSR count). The summed E-state index contributed by atoms with van der Waals surface area (Å²) in [6, 6.07) is 6.06. The van der Waals surface area contributed by atoms with E-state index in [1.165, 1.54) is 5.56 Å². The van der Waals surface area contributed by atoms with Gasteiger partial charge >= 0.3 is 0 Å². The molecular formula is C14H22N2O2. The highest BCUT2D eigenvalue weighted by molar-refractivity contribution is 5.38. The predicted molar refractivity (Wildman–Crippen MR) is 71.4 cm³/mol. The topological polar surface area (TPSA) is 56.5 Å². The molecule has 0 radical (unpaired) electrons. The van der Waals surface area contributed by atoms with E-state index in [2.05, 4.69) is 25.3 Å². The van der Waals surface area contributed by atoms with Crippen molar-refractivity contribution in [3.8, 4) is 5.75 Å². The largest absolute Gasteiger partial charge is 0.497 e. The highest BCUT2D eigenvalue weighted by atomic mass is 16.5. The molecule has 1 aliphatic rings. The van der Waals surface area contributed by atoms with Crippen LogP contribution in [0.5, 0.6) is 5.75 Å². The number of nitrogens with one attached hydrogen (secondary N) is 1. The fraction of sp³-hybridized carbons (Fsp3) is 0.571. The van der Waals surface area contributed by atoms with E-state index in [9.17, 15) is 0 Å². The zero-order valence-corrected chi connectivity index (χ0v) is 11.3. The molecule has 100 valence electrons. The molecule has 0 spiro atoms. The third-order valence-electron chi connectivity index (χ3n) is 3.81. The molecule has 1 fully saturated rings. The first-order valence-electron chi connectivity index (χ1n) is 6.35. The Balaban J connectivity index is 2.32. The minimum Gasteiger partial charge on any atom is -0.497 e. The molecule has 2 unspecified atom stereocenters. The predicted octanol–water partition coefficient (Wildman–Crippen LogP) is 2.08. The summed E-state index contributed by atoms with van der Waals surface area (Å²) < 4.78 is 11.1. The second-order valence-electron chi connectivity index (χ2n) is 5.09. The van der Waals surface area contributed by atoms with Crippen LogP contribution in [0.25, 0.3) is 0 Å². The monoisotopic (exact) mass is 250 g/mol. The maximum atomic E-state index is 5.89. The van der Waals surface area contributed by atoms with Crippen LogP contribution in [0.4, 0.5) is 0 Å². The number of hydrogen-bond donors (Lipinski definition) is 2. The molecule has 3 N–H and O–H groups in total. The molecule has 2 atom stereocenters. The van der Waals surface area contributed by atoms with Gasteiger partial charge in [0.25, 0.3) is 0 Å². The fourth-order valence-corrected chi connectivity index (χ4v) is 2.72. The maximum absolute atomic E-state index is 5.89. The Morgan fingerprint density at radius 3 is 2.78 bits per heavy atom. The summed E-state index contributed by atoms with van der Waals surface area (Å²) in [5.74, 6) is 6.61. The average molecular weight is 250 g/mol. The van der Waals surface area contributed by atoms with E-state index in [-0.39, 0.29) is 11.6 Å². The Hall–Kier alpha value is -1.10. The first-order valence-corrected chi connectivity index (χ1v) is 6.35. The molecule has 1 aromatic rings. The summed E-state index contributed by atoms with van der Waals surface area (Å²) in [5, 5.41) is 0. The van der Waals surface area contributed by atoms with Crippen molar-refractivity contribution in [3.63, 3.8) is 0 Å². The molecule has 1 aliphatic heterocycles. The number of methoxy groups -OCH3 is 1. The molecule has 0 amide bonds. The van der Waals surface area contributed by atoms with Gasteiger partial charge in [0.05, 0.1) is 18.8 Å². The number of rotatable bonds is 4. The number of ether oxygens (including phenoxy) is 2. The van der Waals surface area contributed by atoms with Crippen molar-refractivity contribution in [1.82, 2.24) is 5.43 Å². The van der Waals surface area contributed by atoms with Crippen LogP contribution < -0.4 is 16.0 Å². The number of nitrogens with two attached hydrogens (primary N) is 1. The fourth-order valence-electron chi connectivity index (χ4n) is 2.72. The van der Waals surface area contributed by atoms with Crippen LogP contribution in [0.15, 0.2) is 18.2 Å². The molecule has 0 aliphatic carbocycles. The zero-order chi connectivity index (χ0) is 13.2. The standard InChI is InChI=1S/C14H22N2O2/c1-10-9-11(17-3)5-6-12(10)13(16-15)14(2)7-4-8-18-14/h5-6,9,13,16H,4,7-8,15H2,1-3H3. The smallest absolute Gasteiger partial charge is 0.119 e. The van der Waals surface area contributed by atoms with E-state index in [4.69, 9.17) is 15.3 Å². The van der Waals surface area contributed by atoms with Crippen molar-refractivity contribution < 1.29 is 9.47 Å². The molecule has 1 aromatic carbocycles. The van der Waals surface area contributed by atoms with Crippen LogP contribution in [0.3, 0.4) is 0 Å². The van der Waals surface area contributed by atoms with Gasteiger partial charge in [0.1, 0.15) is 5.75 Å². The zero-order valence-electron chi connectivity index (χ0n) is 11.3. The SMILES string of the molecule is COc1ccc(C(NN)C2(C)CCCO2)c(C)c1. The lowest BCUT2D eigenvalue weighted by atomic mass is 9.86. The van der Waals surface area contributed by atoms with Crippen LogP contribution in [0.2, 0.25) is 0 Å². The van der Waals surface area contributed by atoms with E-state index < -0.39 is 0 Å². The van der Waals surface area contributed by atoms with Gasteiger partial charge in [-0.1, -0.05) is 6.07 Å². The molecule has 0 bridgehead atoms. The number of aryl methyl sites for hydroxylation is 1. The molecule has 0 saturated carbocycles. The van der Waals surface area contributed by atoms with E-state index in [1.807, 2.05) is 12.1 Å². The number of benzene rings is 1. The molecule has 4 nitrogen and oxygen atoms in total. The summed E-state index contributed by atoms with van der Waals surface area (Å²) in [6.45, 7) is 5.00. The van der Waals surface area contributed by atoms with Gasteiger partial charge in [-0.3, -0.25) is 11.3 Å². The molecule has 1 heterocycles. The van der Waals surface area contributed by atoms with Gasteiger partial charge in [-0.25, -0.2) is 0 Å². The first-order chi connectivity index (χ1) is 8.60. The van der Waals surface area contributed by atoms with E-state index in [0.29, 0.717) is 0 Å². The quantitative estimate of drug-likeness (QED) is 0.634. The van der Waals surface area contributed by atoms with Gasteiger partial charge in [0, 0.05) is 6.61 Å². The van der Waals surface area contributed by atoms with Gasteiger partial charge in [-0.2, -0.15) is 0 Å². The minimum atomic E-state index is -0.228. The number of hydrazine groups is 1. The molecule has 1 saturated heterocycles. The Morgan fingerprint density at radius 1 is 1.50 bits per heavy atom. The second-order valence-corrected chi connectivity index (χ2v) is 5.09. The molecule has 18 heavy (non-hydrogen) atoms. The van der Waals surface area contributed by atoms with Gasteiger partial charge in [-0.05, 0) is 49.9 Å². The van der Waals surface area contributed by atoms with E-state index in [0.717, 1.165) is 30.8 Å². The summed E-state index contributed by atoms with van der Waals surface area (Å²) >= 11 is 0. The summed E-state index contributed by atoms with van der Waals surface area (Å²) in [5.41, 5.74) is 5.02. The highest BCUT2D eigenvalue weighted by Crippen LogP contribution is 2.38. The van der Waals surface area contributed by atoms with Crippen molar-refractivity contribution in [2.45, 2.75) is 38.3 Å². The van der Waals surface area contributed by atoms with Crippen LogP contribution >= 0.6 is 0 Å². The van der Waals surface area contributed by atoms with E-state index >= 15 is 0 Å². The van der Waals surface area contributed by atoms with Gasteiger partial charge in [-0.15, -0.1) is 0 Å². The van der Waals surface area contributed by atoms with Crippen molar-refractivity contribution in [1.29, 1.82) is 0 Å². The van der Waals surface area contributed by atoms with Crippen LogP contribution in [-0.4, -0.2) is 19.3 Å². The lowest BCUT2D eigenvalue weighted by Crippen LogP contribution is -2.44. The Labute approximate surface area is 108 Å². The molecular weight excluding hydrogens is 228 g/mol. The van der Waals surface area contributed by atoms with Gasteiger partial charge < -0.3 is 9.47 Å². The van der Waals surface area contributed by atoms with Gasteiger partial charge in [0.15, 0.2) is 0 Å². The van der Waals surface area contributed by atoms with Crippen molar-refractivity contribution in [2.24, 2.45) is 5.84 Å². The lowest BCUT2D eigenvalue weighted by Gasteiger charge is -2.34. The van der Waals surface area contributed by atoms with Crippen LogP contribution in [0.1, 0.15) is 36.9 Å². The Bertz CT molecular complexity index is 414. The second kappa shape index (κ2) is 5.26. The Kier molecular flexibility index (Phi) is 3.90. The van der Waals surface area contributed by atoms with E-state index in [1.54, 1.807) is 7.11 Å². The van der Waals surface area contributed by atoms with Crippen LogP contribution in [-0.2, 0) is 4.74 Å². The third kappa shape index (κ3) is 2.36. The summed E-state index contributed by atoms with van der Waals surface area (Å²) in [6.07, 6.45) is 2.11. The van der Waals surface area contributed by atoms with Crippen molar-refractivity contribution in [2.75, 3.05) is 13.7 Å². The number of hydrogen-bond acceptors (Lipinski definition) is 4. The maximum Gasteiger partial charge on any atom is 0.119 e. The molecule has 0 aromatic heterocycles.